The minimum absolute atomic E-state index is 0.313. The lowest BCUT2D eigenvalue weighted by Crippen LogP contribution is -2.49. The van der Waals surface area contributed by atoms with Crippen LogP contribution in [0.1, 0.15) is 68.2 Å². The van der Waals surface area contributed by atoms with E-state index >= 15 is 0 Å². The molecule has 5 aliphatic rings. The Balaban J connectivity index is 1.23. The number of hydrogen-bond acceptors (Lipinski definition) is 5. The molecule has 2 unspecified atom stereocenters. The average Bonchev–Trinajstić information content (AvgIpc) is 3.07. The van der Waals surface area contributed by atoms with Crippen molar-refractivity contribution in [2.45, 2.75) is 76.5 Å². The van der Waals surface area contributed by atoms with Gasteiger partial charge in [0.25, 0.3) is 0 Å². The molecule has 0 spiro atoms. The molecular formula is C21H30N2O2S. The number of aryl methyl sites for hydroxylation is 1. The molecule has 4 fully saturated rings. The zero-order chi connectivity index (χ0) is 17.7. The summed E-state index contributed by atoms with van der Waals surface area (Å²) in [7, 11) is 0. The molecule has 5 heteroatoms. The van der Waals surface area contributed by atoms with E-state index in [0.717, 1.165) is 49.1 Å². The summed E-state index contributed by atoms with van der Waals surface area (Å²) in [4.78, 5) is 6.99. The molecule has 0 amide bonds. The first-order chi connectivity index (χ1) is 12.6. The van der Waals surface area contributed by atoms with Gasteiger partial charge in [-0.25, -0.2) is 0 Å². The number of thiophene rings is 1. The van der Waals surface area contributed by atoms with Crippen LogP contribution < -0.4 is 5.73 Å². The van der Waals surface area contributed by atoms with Crippen molar-refractivity contribution in [3.63, 3.8) is 0 Å². The summed E-state index contributed by atoms with van der Waals surface area (Å²) in [6, 6.07) is 2.12. The molecule has 6 rings (SSSR count). The molecule has 1 aromatic heterocycles. The summed E-state index contributed by atoms with van der Waals surface area (Å²) >= 11 is 1.79. The summed E-state index contributed by atoms with van der Waals surface area (Å²) in [6.45, 7) is 0. The van der Waals surface area contributed by atoms with Crippen molar-refractivity contribution in [3.8, 4) is 0 Å². The van der Waals surface area contributed by atoms with Crippen molar-refractivity contribution in [3.05, 3.63) is 21.9 Å². The number of nitrogens with zero attached hydrogens (tertiary/aromatic N) is 1. The summed E-state index contributed by atoms with van der Waals surface area (Å²) in [5.41, 5.74) is 8.70. The molecule has 4 saturated carbocycles. The summed E-state index contributed by atoms with van der Waals surface area (Å²) in [5.74, 6) is 2.68. The van der Waals surface area contributed by atoms with Crippen LogP contribution in [0, 0.1) is 23.2 Å². The maximum atomic E-state index is 10.7. The second kappa shape index (κ2) is 6.61. The lowest BCUT2D eigenvalue weighted by molar-refractivity contribution is -0.105. The van der Waals surface area contributed by atoms with Crippen LogP contribution in [0.2, 0.25) is 0 Å². The number of aliphatic hydroxyl groups excluding tert-OH is 1. The van der Waals surface area contributed by atoms with Gasteiger partial charge in [-0.3, -0.25) is 5.73 Å². The predicted molar refractivity (Wildman–Crippen MR) is 104 cm³/mol. The van der Waals surface area contributed by atoms with Crippen molar-refractivity contribution >= 4 is 17.0 Å². The Kier molecular flexibility index (Phi) is 4.37. The van der Waals surface area contributed by atoms with E-state index in [1.807, 2.05) is 0 Å². The predicted octanol–water partition coefficient (Wildman–Crippen LogP) is 4.06. The highest BCUT2D eigenvalue weighted by Gasteiger charge is 2.51. The van der Waals surface area contributed by atoms with Crippen molar-refractivity contribution in [1.29, 1.82) is 0 Å². The molecule has 4 nitrogen and oxygen atoms in total. The van der Waals surface area contributed by atoms with Crippen LogP contribution in [0.3, 0.4) is 0 Å². The molecular weight excluding hydrogens is 344 g/mol. The number of rotatable bonds is 5. The standard InChI is InChI=1S/C21H30N2O2S/c22-20(25-23-17-2-1-3-19-16(17)4-5-26-19)18(24)12-21-9-13-6-14(10-21)8-15(7-13)11-21/h4-5,13-15,18,20,24H,1-3,6-12,22H2. The van der Waals surface area contributed by atoms with Crippen molar-refractivity contribution < 1.29 is 9.94 Å². The minimum atomic E-state index is -0.723. The Morgan fingerprint density at radius 1 is 1.19 bits per heavy atom. The van der Waals surface area contributed by atoms with E-state index in [9.17, 15) is 5.11 Å². The zero-order valence-corrected chi connectivity index (χ0v) is 16.2. The minimum Gasteiger partial charge on any atom is -0.388 e. The van der Waals surface area contributed by atoms with Crippen LogP contribution in [0.25, 0.3) is 0 Å². The van der Waals surface area contributed by atoms with E-state index in [1.165, 1.54) is 49.0 Å². The summed E-state index contributed by atoms with van der Waals surface area (Å²) in [6.07, 6.45) is 10.8. The highest BCUT2D eigenvalue weighted by molar-refractivity contribution is 7.10. The monoisotopic (exact) mass is 374 g/mol. The molecule has 0 saturated heterocycles. The third kappa shape index (κ3) is 3.12. The first kappa shape index (κ1) is 17.2. The number of oxime groups is 1. The SMILES string of the molecule is NC(ON=C1CCCc2sccc21)C(O)CC12CC3CC(CC(C3)C1)C2. The lowest BCUT2D eigenvalue weighted by atomic mass is 9.48. The van der Waals surface area contributed by atoms with Gasteiger partial charge < -0.3 is 9.94 Å². The zero-order valence-electron chi connectivity index (χ0n) is 15.4. The third-order valence-corrected chi connectivity index (χ3v) is 8.33. The van der Waals surface area contributed by atoms with Crippen molar-refractivity contribution in [2.75, 3.05) is 0 Å². The molecule has 2 atom stereocenters. The largest absolute Gasteiger partial charge is 0.388 e. The number of aliphatic hydroxyl groups is 1. The molecule has 5 aliphatic carbocycles. The van der Waals surface area contributed by atoms with Crippen LogP contribution in [-0.4, -0.2) is 23.2 Å². The Hall–Kier alpha value is -0.910. The molecule has 1 aromatic rings. The fraction of sp³-hybridized carbons (Fsp3) is 0.762. The van der Waals surface area contributed by atoms with Gasteiger partial charge in [-0.15, -0.1) is 11.3 Å². The molecule has 4 bridgehead atoms. The van der Waals surface area contributed by atoms with E-state index in [1.54, 1.807) is 11.3 Å². The van der Waals surface area contributed by atoms with Crippen LogP contribution in [-0.2, 0) is 11.3 Å². The van der Waals surface area contributed by atoms with Crippen molar-refractivity contribution in [2.24, 2.45) is 34.1 Å². The van der Waals surface area contributed by atoms with E-state index in [0.29, 0.717) is 5.41 Å². The second-order valence-electron chi connectivity index (χ2n) is 9.41. The molecule has 26 heavy (non-hydrogen) atoms. The maximum Gasteiger partial charge on any atom is 0.202 e. The third-order valence-electron chi connectivity index (χ3n) is 7.34. The van der Waals surface area contributed by atoms with Gasteiger partial charge >= 0.3 is 0 Å². The quantitative estimate of drug-likeness (QED) is 0.603. The topological polar surface area (TPSA) is 67.8 Å². The molecule has 3 N–H and O–H groups in total. The Labute approximate surface area is 159 Å². The smallest absolute Gasteiger partial charge is 0.202 e. The van der Waals surface area contributed by atoms with E-state index in [4.69, 9.17) is 10.6 Å². The van der Waals surface area contributed by atoms with Gasteiger partial charge in [-0.1, -0.05) is 5.16 Å². The van der Waals surface area contributed by atoms with Crippen LogP contribution in [0.4, 0.5) is 0 Å². The van der Waals surface area contributed by atoms with Gasteiger partial charge in [-0.05, 0) is 98.8 Å². The van der Waals surface area contributed by atoms with E-state index < -0.39 is 12.3 Å². The van der Waals surface area contributed by atoms with Crippen LogP contribution in [0.15, 0.2) is 16.6 Å². The highest BCUT2D eigenvalue weighted by atomic mass is 32.1. The first-order valence-electron chi connectivity index (χ1n) is 10.3. The van der Waals surface area contributed by atoms with Gasteiger partial charge in [0.1, 0.15) is 6.10 Å². The molecule has 0 aromatic carbocycles. The summed E-state index contributed by atoms with van der Waals surface area (Å²) in [5, 5.41) is 17.2. The first-order valence-corrected chi connectivity index (χ1v) is 11.2. The fourth-order valence-corrected chi connectivity index (χ4v) is 7.68. The second-order valence-corrected chi connectivity index (χ2v) is 10.4. The Bertz CT molecular complexity index is 663. The maximum absolute atomic E-state index is 10.7. The Morgan fingerprint density at radius 3 is 2.58 bits per heavy atom. The van der Waals surface area contributed by atoms with Gasteiger partial charge in [-0.2, -0.15) is 0 Å². The van der Waals surface area contributed by atoms with E-state index in [2.05, 4.69) is 16.6 Å². The highest BCUT2D eigenvalue weighted by Crippen LogP contribution is 2.61. The number of hydrogen-bond donors (Lipinski definition) is 2. The molecule has 1 heterocycles. The number of fused-ring (bicyclic) bond motifs is 1. The van der Waals surface area contributed by atoms with Crippen LogP contribution >= 0.6 is 11.3 Å². The van der Waals surface area contributed by atoms with E-state index in [-0.39, 0.29) is 0 Å². The van der Waals surface area contributed by atoms with Gasteiger partial charge in [0.2, 0.25) is 6.23 Å². The molecule has 0 aliphatic heterocycles. The normalized spacial score (nSPS) is 39.0. The Morgan fingerprint density at radius 2 is 1.88 bits per heavy atom. The van der Waals surface area contributed by atoms with Crippen molar-refractivity contribution in [1.82, 2.24) is 0 Å². The van der Waals surface area contributed by atoms with Crippen LogP contribution in [0.5, 0.6) is 0 Å². The van der Waals surface area contributed by atoms with Gasteiger partial charge in [0.05, 0.1) is 5.71 Å². The van der Waals surface area contributed by atoms with Gasteiger partial charge in [0.15, 0.2) is 0 Å². The lowest BCUT2D eigenvalue weighted by Gasteiger charge is -2.57. The van der Waals surface area contributed by atoms with Gasteiger partial charge in [0, 0.05) is 10.4 Å². The summed E-state index contributed by atoms with van der Waals surface area (Å²) < 4.78 is 0. The molecule has 0 radical (unpaired) electrons. The average molecular weight is 375 g/mol. The number of nitrogens with two attached hydrogens (primary N) is 1. The fourth-order valence-electron chi connectivity index (χ4n) is 6.73. The molecule has 142 valence electrons.